The number of hydrogen-bond acceptors (Lipinski definition) is 5. The number of carbonyl (C=O) groups excluding carboxylic acids is 1. The fourth-order valence-corrected chi connectivity index (χ4v) is 3.03. The van der Waals surface area contributed by atoms with Crippen molar-refractivity contribution in [3.8, 4) is 0 Å². The molecular formula is C16H15F3N4O2. The Morgan fingerprint density at radius 1 is 1.24 bits per heavy atom. The first kappa shape index (κ1) is 17.2. The molecule has 1 aliphatic heterocycles. The molecule has 1 aliphatic rings. The molecule has 25 heavy (non-hydrogen) atoms. The van der Waals surface area contributed by atoms with Crippen LogP contribution in [0.15, 0.2) is 36.7 Å². The second-order valence-corrected chi connectivity index (χ2v) is 5.74. The molecule has 132 valence electrons. The third-order valence-corrected chi connectivity index (χ3v) is 4.09. The Kier molecular flexibility index (Phi) is 4.34. The van der Waals surface area contributed by atoms with E-state index in [-0.39, 0.29) is 30.0 Å². The summed E-state index contributed by atoms with van der Waals surface area (Å²) in [6, 6.07) is 4.09. The Bertz CT molecular complexity index is 797. The zero-order valence-electron chi connectivity index (χ0n) is 12.9. The quantitative estimate of drug-likeness (QED) is 0.863. The van der Waals surface area contributed by atoms with E-state index in [0.29, 0.717) is 0 Å². The van der Waals surface area contributed by atoms with Crippen LogP contribution in [0.5, 0.6) is 0 Å². The molecule has 0 saturated carbocycles. The number of hydrogen-bond donors (Lipinski definition) is 2. The molecule has 2 atom stereocenters. The van der Waals surface area contributed by atoms with E-state index >= 15 is 0 Å². The van der Waals surface area contributed by atoms with E-state index in [2.05, 4.69) is 9.97 Å². The number of β-amino-alcohol motifs (C(OH)–C–C–N with tert-alkyl or cyclic N) is 1. The summed E-state index contributed by atoms with van der Waals surface area (Å²) >= 11 is 0. The Morgan fingerprint density at radius 3 is 2.60 bits per heavy atom. The first-order valence-electron chi connectivity index (χ1n) is 7.50. The number of nitrogens with zero attached hydrogens (tertiary/aromatic N) is 3. The number of nitrogen functional groups attached to an aromatic ring is 1. The zero-order valence-corrected chi connectivity index (χ0v) is 12.9. The highest BCUT2D eigenvalue weighted by atomic mass is 19.4. The van der Waals surface area contributed by atoms with Crippen LogP contribution >= 0.6 is 0 Å². The van der Waals surface area contributed by atoms with E-state index in [9.17, 15) is 23.1 Å². The van der Waals surface area contributed by atoms with Gasteiger partial charge in [-0.15, -0.1) is 0 Å². The first-order valence-corrected chi connectivity index (χ1v) is 7.50. The van der Waals surface area contributed by atoms with E-state index < -0.39 is 29.8 Å². The molecule has 1 aromatic carbocycles. The van der Waals surface area contributed by atoms with Gasteiger partial charge in [0.1, 0.15) is 0 Å². The molecule has 0 bridgehead atoms. The van der Waals surface area contributed by atoms with Gasteiger partial charge in [-0.25, -0.2) is 9.97 Å². The second kappa shape index (κ2) is 6.32. The minimum absolute atomic E-state index is 0.000992. The van der Waals surface area contributed by atoms with Gasteiger partial charge >= 0.3 is 6.18 Å². The van der Waals surface area contributed by atoms with Crippen LogP contribution in [0.25, 0.3) is 0 Å². The lowest BCUT2D eigenvalue weighted by molar-refractivity contribution is -0.138. The van der Waals surface area contributed by atoms with Gasteiger partial charge in [0.25, 0.3) is 5.91 Å². The average molecular weight is 352 g/mol. The van der Waals surface area contributed by atoms with Gasteiger partial charge in [-0.2, -0.15) is 13.2 Å². The van der Waals surface area contributed by atoms with Crippen LogP contribution in [0, 0.1) is 0 Å². The number of alkyl halides is 3. The van der Waals surface area contributed by atoms with Gasteiger partial charge in [-0.1, -0.05) is 18.2 Å². The molecule has 2 aromatic rings. The molecule has 3 rings (SSSR count). The number of benzene rings is 1. The third kappa shape index (κ3) is 3.27. The molecule has 1 saturated heterocycles. The van der Waals surface area contributed by atoms with Gasteiger partial charge in [0.15, 0.2) is 11.5 Å². The molecule has 0 spiro atoms. The summed E-state index contributed by atoms with van der Waals surface area (Å²) < 4.78 is 39.9. The van der Waals surface area contributed by atoms with E-state index in [1.54, 1.807) is 0 Å². The van der Waals surface area contributed by atoms with Crippen LogP contribution in [0.4, 0.5) is 19.0 Å². The fraction of sp³-hybridized carbons (Fsp3) is 0.312. The first-order chi connectivity index (χ1) is 11.8. The van der Waals surface area contributed by atoms with Crippen molar-refractivity contribution in [1.29, 1.82) is 0 Å². The molecule has 1 aromatic heterocycles. The SMILES string of the molecule is Nc1nccnc1C(=O)N1C[C@H](O)C[C@H]1c1ccccc1C(F)(F)F. The number of aliphatic hydroxyl groups is 1. The van der Waals surface area contributed by atoms with Crippen molar-refractivity contribution in [1.82, 2.24) is 14.9 Å². The van der Waals surface area contributed by atoms with Gasteiger partial charge < -0.3 is 15.7 Å². The van der Waals surface area contributed by atoms with Crippen LogP contribution < -0.4 is 5.73 Å². The Hall–Kier alpha value is -2.68. The summed E-state index contributed by atoms with van der Waals surface area (Å²) in [5.41, 5.74) is 4.59. The normalized spacial score (nSPS) is 20.7. The fourth-order valence-electron chi connectivity index (χ4n) is 3.03. The minimum atomic E-state index is -4.57. The Balaban J connectivity index is 2.02. The highest BCUT2D eigenvalue weighted by Gasteiger charge is 2.42. The molecule has 9 heteroatoms. The number of likely N-dealkylation sites (tertiary alicyclic amines) is 1. The molecule has 0 unspecified atom stereocenters. The van der Waals surface area contributed by atoms with E-state index in [0.717, 1.165) is 11.0 Å². The monoisotopic (exact) mass is 352 g/mol. The average Bonchev–Trinajstić information content (AvgIpc) is 2.96. The number of aromatic nitrogens is 2. The number of carbonyl (C=O) groups is 1. The number of halogens is 3. The second-order valence-electron chi connectivity index (χ2n) is 5.74. The van der Waals surface area contributed by atoms with Crippen LogP contribution in [0.3, 0.4) is 0 Å². The van der Waals surface area contributed by atoms with Crippen molar-refractivity contribution in [3.63, 3.8) is 0 Å². The van der Waals surface area contributed by atoms with Crippen LogP contribution in [-0.2, 0) is 6.18 Å². The molecule has 2 heterocycles. The number of amides is 1. The molecule has 3 N–H and O–H groups in total. The van der Waals surface area contributed by atoms with E-state index in [1.807, 2.05) is 0 Å². The van der Waals surface area contributed by atoms with E-state index in [4.69, 9.17) is 5.73 Å². The number of nitrogens with two attached hydrogens (primary N) is 1. The minimum Gasteiger partial charge on any atom is -0.391 e. The molecule has 0 radical (unpaired) electrons. The zero-order chi connectivity index (χ0) is 18.2. The molecule has 0 aliphatic carbocycles. The van der Waals surface area contributed by atoms with Gasteiger partial charge in [-0.05, 0) is 18.1 Å². The number of rotatable bonds is 2. The lowest BCUT2D eigenvalue weighted by Gasteiger charge is -2.27. The number of aliphatic hydroxyl groups excluding tert-OH is 1. The number of anilines is 1. The van der Waals surface area contributed by atoms with Gasteiger partial charge in [0.05, 0.1) is 17.7 Å². The maximum absolute atomic E-state index is 13.3. The molecule has 1 amide bonds. The van der Waals surface area contributed by atoms with Gasteiger partial charge in [0.2, 0.25) is 0 Å². The standard InChI is InChI=1S/C16H15F3N4O2/c17-16(18,19)11-4-2-1-3-10(11)12-7-9(24)8-23(12)15(25)13-14(20)22-6-5-21-13/h1-6,9,12,24H,7-8H2,(H2,20,22)/t9-,12+/m1/s1. The summed E-state index contributed by atoms with van der Waals surface area (Å²) in [6.45, 7) is -0.105. The largest absolute Gasteiger partial charge is 0.416 e. The summed E-state index contributed by atoms with van der Waals surface area (Å²) in [4.78, 5) is 21.5. The van der Waals surface area contributed by atoms with E-state index in [1.165, 1.54) is 30.6 Å². The lowest BCUT2D eigenvalue weighted by Crippen LogP contribution is -2.33. The Morgan fingerprint density at radius 2 is 1.92 bits per heavy atom. The van der Waals surface area contributed by atoms with Crippen LogP contribution in [0.1, 0.15) is 34.1 Å². The highest BCUT2D eigenvalue weighted by Crippen LogP contribution is 2.40. The summed E-state index contributed by atoms with van der Waals surface area (Å²) in [6.07, 6.45) is -2.92. The summed E-state index contributed by atoms with van der Waals surface area (Å²) in [5, 5.41) is 9.95. The Labute approximate surface area is 141 Å². The molecular weight excluding hydrogens is 337 g/mol. The maximum Gasteiger partial charge on any atom is 0.416 e. The molecule has 6 nitrogen and oxygen atoms in total. The predicted octanol–water partition coefficient (Wildman–Crippen LogP) is 2.03. The van der Waals surface area contributed by atoms with Crippen molar-refractivity contribution in [2.24, 2.45) is 0 Å². The summed E-state index contributed by atoms with van der Waals surface area (Å²) in [5.74, 6) is -0.777. The van der Waals surface area contributed by atoms with Gasteiger partial charge in [-0.3, -0.25) is 4.79 Å². The maximum atomic E-state index is 13.3. The topological polar surface area (TPSA) is 92.3 Å². The van der Waals surface area contributed by atoms with Crippen molar-refractivity contribution >= 4 is 11.7 Å². The van der Waals surface area contributed by atoms with Crippen LogP contribution in [0.2, 0.25) is 0 Å². The van der Waals surface area contributed by atoms with Crippen molar-refractivity contribution in [3.05, 3.63) is 53.5 Å². The predicted molar refractivity (Wildman–Crippen MR) is 82.3 cm³/mol. The highest BCUT2D eigenvalue weighted by molar-refractivity contribution is 5.96. The van der Waals surface area contributed by atoms with Crippen molar-refractivity contribution in [2.45, 2.75) is 24.7 Å². The van der Waals surface area contributed by atoms with Crippen molar-refractivity contribution < 1.29 is 23.1 Å². The lowest BCUT2D eigenvalue weighted by atomic mass is 9.97. The van der Waals surface area contributed by atoms with Crippen LogP contribution in [-0.4, -0.2) is 38.5 Å². The summed E-state index contributed by atoms with van der Waals surface area (Å²) in [7, 11) is 0. The van der Waals surface area contributed by atoms with Crippen molar-refractivity contribution in [2.75, 3.05) is 12.3 Å². The smallest absolute Gasteiger partial charge is 0.391 e. The van der Waals surface area contributed by atoms with Gasteiger partial charge in [0, 0.05) is 18.9 Å². The molecule has 1 fully saturated rings. The third-order valence-electron chi connectivity index (χ3n) is 4.09.